The van der Waals surface area contributed by atoms with Crippen molar-refractivity contribution in [3.8, 4) is 5.75 Å². The Bertz CT molecular complexity index is 963. The number of benzene rings is 1. The molecule has 0 radical (unpaired) electrons. The zero-order valence-electron chi connectivity index (χ0n) is 23.9. The van der Waals surface area contributed by atoms with Crippen molar-refractivity contribution in [3.05, 3.63) is 60.5 Å². The molecule has 1 aromatic heterocycles. The molecule has 0 saturated carbocycles. The number of carbonyl (C=O) groups is 1. The van der Waals surface area contributed by atoms with Crippen LogP contribution in [0.25, 0.3) is 0 Å². The van der Waals surface area contributed by atoms with E-state index in [1.807, 2.05) is 25.8 Å². The van der Waals surface area contributed by atoms with E-state index in [1.54, 1.807) is 30.6 Å². The predicted octanol–water partition coefficient (Wildman–Crippen LogP) is 5.85. The lowest BCUT2D eigenvalue weighted by molar-refractivity contribution is 0.0643. The van der Waals surface area contributed by atoms with Gasteiger partial charge in [0, 0.05) is 44.3 Å². The van der Waals surface area contributed by atoms with Gasteiger partial charge >= 0.3 is 6.09 Å². The topological polar surface area (TPSA) is 100 Å². The van der Waals surface area contributed by atoms with Gasteiger partial charge in [-0.3, -0.25) is 0 Å². The molecule has 0 bridgehead atoms. The van der Waals surface area contributed by atoms with E-state index in [2.05, 4.69) is 26.8 Å². The van der Waals surface area contributed by atoms with Crippen molar-refractivity contribution in [1.29, 1.82) is 0 Å². The molecule has 2 N–H and O–H groups in total. The second kappa shape index (κ2) is 19.2. The lowest BCUT2D eigenvalue weighted by Crippen LogP contribution is -2.39. The molecule has 3 heterocycles. The molecule has 1 amide bonds. The number of anilines is 1. The first-order chi connectivity index (χ1) is 19.4. The molecule has 2 fully saturated rings. The number of hydrogen-bond acceptors (Lipinski definition) is 9. The lowest BCUT2D eigenvalue weighted by Gasteiger charge is -2.31. The zero-order chi connectivity index (χ0) is 29.2. The minimum Gasteiger partial charge on any atom is -0.490 e. The lowest BCUT2D eigenvalue weighted by atomic mass is 9.92. The third-order valence-electron chi connectivity index (χ3n) is 6.54. The SMILES string of the molecule is C=CSO.CNC1CCN(c2ncc(OCCCC3CCN(C(=O)OC(C)C)CC3)cn2)C1.Fc1ccccc1. The molecule has 0 aliphatic carbocycles. The molecular weight excluding hydrogens is 533 g/mol. The summed E-state index contributed by atoms with van der Waals surface area (Å²) < 4.78 is 30.7. The fourth-order valence-corrected chi connectivity index (χ4v) is 4.38. The number of carbonyl (C=O) groups excluding carboxylic acids is 1. The van der Waals surface area contributed by atoms with Crippen molar-refractivity contribution in [2.45, 2.75) is 58.1 Å². The number of piperidine rings is 1. The van der Waals surface area contributed by atoms with Crippen LogP contribution in [0.5, 0.6) is 5.75 Å². The minimum atomic E-state index is -0.180. The summed E-state index contributed by atoms with van der Waals surface area (Å²) >= 11 is 0.620. The summed E-state index contributed by atoms with van der Waals surface area (Å²) in [5.41, 5.74) is 0. The van der Waals surface area contributed by atoms with Gasteiger partial charge in [-0.1, -0.05) is 24.8 Å². The molecule has 4 rings (SSSR count). The van der Waals surface area contributed by atoms with Gasteiger partial charge < -0.3 is 29.1 Å². The molecule has 1 unspecified atom stereocenters. The minimum absolute atomic E-state index is 0.0592. The van der Waals surface area contributed by atoms with Crippen LogP contribution in [0.3, 0.4) is 0 Å². The Kier molecular flexibility index (Phi) is 16.0. The quantitative estimate of drug-likeness (QED) is 0.281. The highest BCUT2D eigenvalue weighted by molar-refractivity contribution is 7.96. The van der Waals surface area contributed by atoms with Crippen LogP contribution in [-0.2, 0) is 4.74 Å². The standard InChI is InChI=1S/C21H35N5O3.C6H5F.C2H4OS/c1-16(2)29-21(27)25-9-6-17(7-10-25)5-4-12-28-19-13-23-20(24-14-19)26-11-8-18(15-26)22-3;7-6-4-2-1-3-5-6;1-2-4-3/h13-14,16-18,22H,4-12,15H2,1-3H3;1-5H;2-3H,1H2. The number of likely N-dealkylation sites (tertiary alicyclic amines) is 1. The summed E-state index contributed by atoms with van der Waals surface area (Å²) in [6.07, 6.45) is 8.61. The van der Waals surface area contributed by atoms with Crippen LogP contribution in [0, 0.1) is 11.7 Å². The summed E-state index contributed by atoms with van der Waals surface area (Å²) in [5, 5.41) is 4.65. The molecule has 11 heteroatoms. The van der Waals surface area contributed by atoms with Crippen molar-refractivity contribution < 1.29 is 23.2 Å². The van der Waals surface area contributed by atoms with Crippen LogP contribution in [0.1, 0.15) is 46.0 Å². The molecule has 1 atom stereocenters. The van der Waals surface area contributed by atoms with E-state index in [9.17, 15) is 9.18 Å². The van der Waals surface area contributed by atoms with Crippen LogP contribution in [0.4, 0.5) is 15.1 Å². The molecule has 2 aliphatic rings. The number of aromatic nitrogens is 2. The normalized spacial score (nSPS) is 16.9. The maximum absolute atomic E-state index is 11.9. The second-order valence-electron chi connectivity index (χ2n) is 9.86. The van der Waals surface area contributed by atoms with Gasteiger partial charge in [-0.15, -0.1) is 0 Å². The number of ether oxygens (including phenoxy) is 2. The van der Waals surface area contributed by atoms with Gasteiger partial charge in [0.25, 0.3) is 0 Å². The first kappa shape index (κ1) is 33.3. The highest BCUT2D eigenvalue weighted by atomic mass is 32.2. The summed E-state index contributed by atoms with van der Waals surface area (Å²) in [4.78, 5) is 24.9. The monoisotopic (exact) mass is 577 g/mol. The number of nitrogens with zero attached hydrogens (tertiary/aromatic N) is 4. The molecule has 222 valence electrons. The largest absolute Gasteiger partial charge is 0.490 e. The highest BCUT2D eigenvalue weighted by Gasteiger charge is 2.24. The summed E-state index contributed by atoms with van der Waals surface area (Å²) in [7, 11) is 2.00. The Morgan fingerprint density at radius 2 is 1.85 bits per heavy atom. The summed E-state index contributed by atoms with van der Waals surface area (Å²) in [5.74, 6) is 1.97. The molecule has 1 aromatic carbocycles. The average Bonchev–Trinajstić information content (AvgIpc) is 3.46. The summed E-state index contributed by atoms with van der Waals surface area (Å²) in [6.45, 7) is 11.1. The molecule has 2 aromatic rings. The highest BCUT2D eigenvalue weighted by Crippen LogP contribution is 2.23. The Hall–Kier alpha value is -2.89. The van der Waals surface area contributed by atoms with Crippen LogP contribution in [0.2, 0.25) is 0 Å². The average molecular weight is 578 g/mol. The zero-order valence-corrected chi connectivity index (χ0v) is 24.7. The van der Waals surface area contributed by atoms with E-state index in [1.165, 1.54) is 17.5 Å². The molecule has 0 spiro atoms. The smallest absolute Gasteiger partial charge is 0.410 e. The fraction of sp³-hybridized carbons (Fsp3) is 0.552. The van der Waals surface area contributed by atoms with Crippen LogP contribution < -0.4 is 15.0 Å². The van der Waals surface area contributed by atoms with E-state index in [0.717, 1.165) is 70.0 Å². The van der Waals surface area contributed by atoms with E-state index >= 15 is 0 Å². The first-order valence-corrected chi connectivity index (χ1v) is 14.6. The van der Waals surface area contributed by atoms with Crippen LogP contribution >= 0.6 is 12.0 Å². The second-order valence-corrected chi connectivity index (χ2v) is 10.4. The summed E-state index contributed by atoms with van der Waals surface area (Å²) in [6, 6.07) is 8.45. The maximum atomic E-state index is 11.9. The first-order valence-electron chi connectivity index (χ1n) is 13.8. The van der Waals surface area contributed by atoms with Crippen molar-refractivity contribution in [2.75, 3.05) is 44.7 Å². The Labute approximate surface area is 242 Å². The third kappa shape index (κ3) is 13.0. The van der Waals surface area contributed by atoms with Crippen molar-refractivity contribution >= 4 is 24.1 Å². The number of hydrogen-bond donors (Lipinski definition) is 2. The van der Waals surface area contributed by atoms with Gasteiger partial charge in [0.15, 0.2) is 5.75 Å². The van der Waals surface area contributed by atoms with E-state index < -0.39 is 0 Å². The van der Waals surface area contributed by atoms with Gasteiger partial charge in [-0.25, -0.2) is 19.2 Å². The Morgan fingerprint density at radius 1 is 1.20 bits per heavy atom. The van der Waals surface area contributed by atoms with Gasteiger partial charge in [0.1, 0.15) is 5.82 Å². The van der Waals surface area contributed by atoms with Crippen LogP contribution in [0.15, 0.2) is 54.7 Å². The number of likely N-dealkylation sites (N-methyl/N-ethyl adjacent to an activating group) is 1. The van der Waals surface area contributed by atoms with Gasteiger partial charge in [0.05, 0.1) is 25.1 Å². The predicted molar refractivity (Wildman–Crippen MR) is 159 cm³/mol. The van der Waals surface area contributed by atoms with Gasteiger partial charge in [-0.2, -0.15) is 0 Å². The van der Waals surface area contributed by atoms with E-state index in [-0.39, 0.29) is 18.0 Å². The van der Waals surface area contributed by atoms with Gasteiger partial charge in [0.2, 0.25) is 5.95 Å². The van der Waals surface area contributed by atoms with Crippen LogP contribution in [-0.4, -0.2) is 77.5 Å². The van der Waals surface area contributed by atoms with E-state index in [0.29, 0.717) is 30.6 Å². The number of rotatable bonds is 9. The van der Waals surface area contributed by atoms with E-state index in [4.69, 9.17) is 14.0 Å². The number of halogens is 1. The molecule has 40 heavy (non-hydrogen) atoms. The van der Waals surface area contributed by atoms with Crippen molar-refractivity contribution in [2.24, 2.45) is 5.92 Å². The maximum Gasteiger partial charge on any atom is 0.410 e. The molecule has 2 aliphatic heterocycles. The number of nitrogens with one attached hydrogen (secondary N) is 1. The van der Waals surface area contributed by atoms with Crippen molar-refractivity contribution in [1.82, 2.24) is 20.2 Å². The fourth-order valence-electron chi connectivity index (χ4n) is 4.38. The number of amides is 1. The Morgan fingerprint density at radius 3 is 2.35 bits per heavy atom. The van der Waals surface area contributed by atoms with Crippen molar-refractivity contribution in [3.63, 3.8) is 0 Å². The molecule has 9 nitrogen and oxygen atoms in total. The molecular formula is C29H44FN5O4S. The Balaban J connectivity index is 0.000000426. The van der Waals surface area contributed by atoms with Gasteiger partial charge in [-0.05, 0) is 76.5 Å². The molecule has 2 saturated heterocycles. The third-order valence-corrected chi connectivity index (χ3v) is 6.69.